The zero-order chi connectivity index (χ0) is 35.1. The van der Waals surface area contributed by atoms with Crippen molar-refractivity contribution in [3.8, 4) is 67.5 Å². The van der Waals surface area contributed by atoms with Gasteiger partial charge in [-0.05, 0) is 68.4 Å². The average Bonchev–Trinajstić information content (AvgIpc) is 3.62. The first kappa shape index (κ1) is 30.6. The fourth-order valence-corrected chi connectivity index (χ4v) is 7.21. The molecule has 4 nitrogen and oxygen atoms in total. The van der Waals surface area contributed by atoms with E-state index in [0.29, 0.717) is 17.5 Å². The molecule has 10 aromatic rings. The van der Waals surface area contributed by atoms with Crippen LogP contribution < -0.4 is 0 Å². The zero-order valence-electron chi connectivity index (χ0n) is 28.6. The average molecular weight is 678 g/mol. The summed E-state index contributed by atoms with van der Waals surface area (Å²) in [6.45, 7) is 0. The van der Waals surface area contributed by atoms with Gasteiger partial charge in [0.05, 0.1) is 0 Å². The predicted molar refractivity (Wildman–Crippen MR) is 217 cm³/mol. The Labute approximate surface area is 306 Å². The fraction of sp³-hybridized carbons (Fsp3) is 0. The van der Waals surface area contributed by atoms with E-state index < -0.39 is 0 Å². The van der Waals surface area contributed by atoms with E-state index in [2.05, 4.69) is 133 Å². The molecule has 4 heteroatoms. The van der Waals surface area contributed by atoms with Crippen LogP contribution in [0, 0.1) is 0 Å². The van der Waals surface area contributed by atoms with E-state index in [1.807, 2.05) is 54.6 Å². The van der Waals surface area contributed by atoms with Gasteiger partial charge in [-0.2, -0.15) is 0 Å². The topological polar surface area (TPSA) is 51.8 Å². The summed E-state index contributed by atoms with van der Waals surface area (Å²) in [5, 5.41) is 4.30. The van der Waals surface area contributed by atoms with E-state index >= 15 is 0 Å². The standard InChI is InChI=1S/C49H31N3O/c1-3-11-32(12-4-1)34-19-21-35(22-20-34)36-23-25-37(26-24-36)41-30-43(46-42-17-9-10-18-44(42)53-45(46)31-41)49-51-47(38-14-5-2-6-15-38)50-48(52-49)40-28-27-33-13-7-8-16-39(33)29-40/h1-31H. The monoisotopic (exact) mass is 677 g/mol. The van der Waals surface area contributed by atoms with Crippen molar-refractivity contribution in [3.05, 3.63) is 188 Å². The van der Waals surface area contributed by atoms with Gasteiger partial charge >= 0.3 is 0 Å². The molecule has 0 bridgehead atoms. The van der Waals surface area contributed by atoms with Gasteiger partial charge in [0.25, 0.3) is 0 Å². The van der Waals surface area contributed by atoms with E-state index in [9.17, 15) is 0 Å². The van der Waals surface area contributed by atoms with Gasteiger partial charge in [-0.3, -0.25) is 0 Å². The van der Waals surface area contributed by atoms with Gasteiger partial charge in [0.15, 0.2) is 17.5 Å². The Morgan fingerprint density at radius 3 is 1.47 bits per heavy atom. The highest BCUT2D eigenvalue weighted by Crippen LogP contribution is 2.40. The highest BCUT2D eigenvalue weighted by molar-refractivity contribution is 6.13. The third-order valence-corrected chi connectivity index (χ3v) is 9.94. The van der Waals surface area contributed by atoms with Crippen LogP contribution in [0.1, 0.15) is 0 Å². The molecule has 10 rings (SSSR count). The molecule has 0 atom stereocenters. The number of nitrogens with zero attached hydrogens (tertiary/aromatic N) is 3. The number of benzene rings is 8. The Balaban J connectivity index is 1.12. The molecule has 0 aliphatic heterocycles. The molecule has 0 unspecified atom stereocenters. The van der Waals surface area contributed by atoms with E-state index in [0.717, 1.165) is 60.7 Å². The lowest BCUT2D eigenvalue weighted by atomic mass is 9.95. The van der Waals surface area contributed by atoms with Crippen LogP contribution in [0.3, 0.4) is 0 Å². The van der Waals surface area contributed by atoms with E-state index in [1.165, 1.54) is 22.1 Å². The van der Waals surface area contributed by atoms with E-state index in [-0.39, 0.29) is 0 Å². The molecular formula is C49H31N3O. The second-order valence-corrected chi connectivity index (χ2v) is 13.3. The van der Waals surface area contributed by atoms with Crippen LogP contribution in [0.15, 0.2) is 192 Å². The molecule has 0 fully saturated rings. The van der Waals surface area contributed by atoms with Gasteiger partial charge in [0, 0.05) is 27.5 Å². The molecule has 0 saturated heterocycles. The Bertz CT molecular complexity index is 2910. The molecule has 248 valence electrons. The zero-order valence-corrected chi connectivity index (χ0v) is 28.6. The quantitative estimate of drug-likeness (QED) is 0.176. The summed E-state index contributed by atoms with van der Waals surface area (Å²) in [7, 11) is 0. The lowest BCUT2D eigenvalue weighted by Crippen LogP contribution is -2.00. The van der Waals surface area contributed by atoms with Gasteiger partial charge in [-0.25, -0.2) is 15.0 Å². The summed E-state index contributed by atoms with van der Waals surface area (Å²) in [4.78, 5) is 15.4. The minimum Gasteiger partial charge on any atom is -0.456 e. The minimum atomic E-state index is 0.593. The van der Waals surface area contributed by atoms with Gasteiger partial charge < -0.3 is 4.42 Å². The number of rotatable bonds is 6. The second-order valence-electron chi connectivity index (χ2n) is 13.3. The summed E-state index contributed by atoms with van der Waals surface area (Å²) in [5.74, 6) is 1.83. The third-order valence-electron chi connectivity index (χ3n) is 9.94. The van der Waals surface area contributed by atoms with Crippen LogP contribution in [0.2, 0.25) is 0 Å². The molecular weight excluding hydrogens is 647 g/mol. The molecule has 8 aromatic carbocycles. The van der Waals surface area contributed by atoms with Crippen LogP contribution in [-0.2, 0) is 0 Å². The first-order valence-corrected chi connectivity index (χ1v) is 17.8. The Hall–Kier alpha value is -7.17. The van der Waals surface area contributed by atoms with E-state index in [4.69, 9.17) is 19.4 Å². The number of furan rings is 1. The van der Waals surface area contributed by atoms with Gasteiger partial charge in [-0.1, -0.05) is 164 Å². The van der Waals surface area contributed by atoms with Crippen LogP contribution in [0.25, 0.3) is 100 Å². The maximum atomic E-state index is 6.52. The van der Waals surface area contributed by atoms with Crippen molar-refractivity contribution >= 4 is 32.7 Å². The second kappa shape index (κ2) is 12.9. The summed E-state index contributed by atoms with van der Waals surface area (Å²) < 4.78 is 6.52. The van der Waals surface area contributed by atoms with Gasteiger partial charge in [0.2, 0.25) is 0 Å². The molecule has 0 N–H and O–H groups in total. The van der Waals surface area contributed by atoms with Crippen molar-refractivity contribution in [2.45, 2.75) is 0 Å². The molecule has 2 heterocycles. The Kier molecular flexibility index (Phi) is 7.43. The summed E-state index contributed by atoms with van der Waals surface area (Å²) in [6, 6.07) is 65.3. The largest absolute Gasteiger partial charge is 0.456 e. The smallest absolute Gasteiger partial charge is 0.164 e. The van der Waals surface area contributed by atoms with Gasteiger partial charge in [-0.15, -0.1) is 0 Å². The molecule has 0 aliphatic carbocycles. The van der Waals surface area contributed by atoms with Crippen LogP contribution in [-0.4, -0.2) is 15.0 Å². The lowest BCUT2D eigenvalue weighted by Gasteiger charge is -2.12. The summed E-state index contributed by atoms with van der Waals surface area (Å²) >= 11 is 0. The summed E-state index contributed by atoms with van der Waals surface area (Å²) in [5.41, 5.74) is 11.2. The number of para-hydroxylation sites is 1. The number of hydrogen-bond acceptors (Lipinski definition) is 4. The third kappa shape index (κ3) is 5.73. The van der Waals surface area contributed by atoms with Crippen molar-refractivity contribution < 1.29 is 4.42 Å². The van der Waals surface area contributed by atoms with Crippen LogP contribution in [0.4, 0.5) is 0 Å². The molecule has 0 amide bonds. The van der Waals surface area contributed by atoms with Crippen molar-refractivity contribution in [2.75, 3.05) is 0 Å². The van der Waals surface area contributed by atoms with E-state index in [1.54, 1.807) is 0 Å². The highest BCUT2D eigenvalue weighted by Gasteiger charge is 2.20. The first-order valence-electron chi connectivity index (χ1n) is 17.8. The van der Waals surface area contributed by atoms with Crippen LogP contribution in [0.5, 0.6) is 0 Å². The lowest BCUT2D eigenvalue weighted by molar-refractivity contribution is 0.669. The maximum absolute atomic E-state index is 6.52. The minimum absolute atomic E-state index is 0.593. The Morgan fingerprint density at radius 2 is 0.792 bits per heavy atom. The Morgan fingerprint density at radius 1 is 0.302 bits per heavy atom. The highest BCUT2D eigenvalue weighted by atomic mass is 16.3. The van der Waals surface area contributed by atoms with Crippen LogP contribution >= 0.6 is 0 Å². The van der Waals surface area contributed by atoms with Gasteiger partial charge in [0.1, 0.15) is 11.2 Å². The van der Waals surface area contributed by atoms with Crippen molar-refractivity contribution in [1.82, 2.24) is 15.0 Å². The maximum Gasteiger partial charge on any atom is 0.164 e. The number of hydrogen-bond donors (Lipinski definition) is 0. The number of aromatic nitrogens is 3. The summed E-state index contributed by atoms with van der Waals surface area (Å²) in [6.07, 6.45) is 0. The molecule has 53 heavy (non-hydrogen) atoms. The predicted octanol–water partition coefficient (Wildman–Crippen LogP) is 12.9. The first-order chi connectivity index (χ1) is 26.2. The fourth-order valence-electron chi connectivity index (χ4n) is 7.21. The van der Waals surface area contributed by atoms with Crippen molar-refractivity contribution in [2.24, 2.45) is 0 Å². The van der Waals surface area contributed by atoms with Crippen molar-refractivity contribution in [3.63, 3.8) is 0 Å². The molecule has 0 aliphatic rings. The molecule has 0 saturated carbocycles. The number of fused-ring (bicyclic) bond motifs is 4. The molecule has 0 radical (unpaired) electrons. The molecule has 2 aromatic heterocycles. The SMILES string of the molecule is c1ccc(-c2ccc(-c3ccc(-c4cc(-c5nc(-c6ccccc6)nc(-c6ccc7ccccc7c6)n5)c5c(c4)oc4ccccc45)cc3)cc2)cc1. The normalized spacial score (nSPS) is 11.4. The van der Waals surface area contributed by atoms with Crippen molar-refractivity contribution in [1.29, 1.82) is 0 Å². The molecule has 0 spiro atoms.